The Hall–Kier alpha value is -0.630. The van der Waals surface area contributed by atoms with Gasteiger partial charge < -0.3 is 4.74 Å². The number of nitrogens with one attached hydrogen (secondary N) is 1. The van der Waals surface area contributed by atoms with Crippen LogP contribution in [0.25, 0.3) is 0 Å². The van der Waals surface area contributed by atoms with Gasteiger partial charge in [-0.1, -0.05) is 34.1 Å². The van der Waals surface area contributed by atoms with E-state index < -0.39 is 0 Å². The lowest BCUT2D eigenvalue weighted by Crippen LogP contribution is -2.29. The van der Waals surface area contributed by atoms with E-state index in [1.54, 1.807) is 0 Å². The Labute approximate surface area is 141 Å². The summed E-state index contributed by atoms with van der Waals surface area (Å²) in [6.45, 7) is 2.61. The van der Waals surface area contributed by atoms with E-state index in [1.165, 1.54) is 0 Å². The van der Waals surface area contributed by atoms with Gasteiger partial charge in [0.05, 0.1) is 12.6 Å². The largest absolute Gasteiger partial charge is 0.494 e. The quantitative estimate of drug-likeness (QED) is 0.414. The van der Waals surface area contributed by atoms with E-state index in [-0.39, 0.29) is 6.04 Å². The summed E-state index contributed by atoms with van der Waals surface area (Å²) in [4.78, 5) is 0. The van der Waals surface area contributed by atoms with Crippen molar-refractivity contribution in [3.8, 4) is 5.75 Å². The number of benzene rings is 2. The number of hydrazine groups is 1. The van der Waals surface area contributed by atoms with Crippen LogP contribution in [0.1, 0.15) is 24.1 Å². The highest BCUT2D eigenvalue weighted by molar-refractivity contribution is 14.1. The maximum atomic E-state index is 5.80. The van der Waals surface area contributed by atoms with Crippen LogP contribution in [0.15, 0.2) is 46.9 Å². The van der Waals surface area contributed by atoms with Gasteiger partial charge in [0, 0.05) is 13.6 Å². The second kappa shape index (κ2) is 7.40. The fourth-order valence-electron chi connectivity index (χ4n) is 2.09. The van der Waals surface area contributed by atoms with Crippen LogP contribution in [0.4, 0.5) is 0 Å². The number of hydrogen-bond acceptors (Lipinski definition) is 3. The van der Waals surface area contributed by atoms with E-state index in [4.69, 9.17) is 10.6 Å². The predicted octanol–water partition coefficient (Wildman–Crippen LogP) is 4.01. The molecule has 20 heavy (non-hydrogen) atoms. The van der Waals surface area contributed by atoms with Crippen molar-refractivity contribution in [1.82, 2.24) is 5.43 Å². The average Bonchev–Trinajstić information content (AvgIpc) is 2.45. The Kier molecular flexibility index (Phi) is 5.83. The lowest BCUT2D eigenvalue weighted by Gasteiger charge is -2.21. The zero-order chi connectivity index (χ0) is 14.5. The molecule has 1 unspecified atom stereocenters. The first-order valence-electron chi connectivity index (χ1n) is 6.30. The van der Waals surface area contributed by atoms with Gasteiger partial charge in [-0.2, -0.15) is 0 Å². The lowest BCUT2D eigenvalue weighted by molar-refractivity contribution is 0.333. The fraction of sp³-hybridized carbons (Fsp3) is 0.200. The molecule has 0 fully saturated rings. The predicted molar refractivity (Wildman–Crippen MR) is 93.6 cm³/mol. The van der Waals surface area contributed by atoms with Crippen LogP contribution in [0.5, 0.6) is 5.75 Å². The standard InChI is InChI=1S/C15H16BrIN2O/c1-2-20-14-6-4-3-5-11(14)15(19-18)12-9-10(16)7-8-13(12)17/h3-9,15,19H,2,18H2,1H3. The van der Waals surface area contributed by atoms with Crippen LogP contribution >= 0.6 is 38.5 Å². The molecular formula is C15H16BrIN2O. The highest BCUT2D eigenvalue weighted by atomic mass is 127. The van der Waals surface area contributed by atoms with Crippen molar-refractivity contribution in [3.63, 3.8) is 0 Å². The second-order valence-corrected chi connectivity index (χ2v) is 6.31. The van der Waals surface area contributed by atoms with Gasteiger partial charge in [0.1, 0.15) is 5.75 Å². The molecule has 0 aliphatic heterocycles. The first kappa shape index (κ1) is 15.8. The molecule has 0 amide bonds. The number of halogens is 2. The summed E-state index contributed by atoms with van der Waals surface area (Å²) in [6.07, 6.45) is 0. The first-order chi connectivity index (χ1) is 9.67. The molecule has 0 heterocycles. The monoisotopic (exact) mass is 446 g/mol. The smallest absolute Gasteiger partial charge is 0.124 e. The van der Waals surface area contributed by atoms with Crippen LogP contribution in [-0.2, 0) is 0 Å². The van der Waals surface area contributed by atoms with Crippen molar-refractivity contribution in [2.45, 2.75) is 13.0 Å². The van der Waals surface area contributed by atoms with E-state index in [2.05, 4.69) is 56.1 Å². The van der Waals surface area contributed by atoms with E-state index >= 15 is 0 Å². The van der Waals surface area contributed by atoms with Crippen molar-refractivity contribution in [1.29, 1.82) is 0 Å². The lowest BCUT2D eigenvalue weighted by atomic mass is 9.98. The van der Waals surface area contributed by atoms with Gasteiger partial charge in [-0.15, -0.1) is 0 Å². The molecule has 0 aromatic heterocycles. The van der Waals surface area contributed by atoms with Crippen LogP contribution < -0.4 is 16.0 Å². The van der Waals surface area contributed by atoms with E-state index in [9.17, 15) is 0 Å². The molecule has 2 rings (SSSR count). The Morgan fingerprint density at radius 3 is 2.70 bits per heavy atom. The van der Waals surface area contributed by atoms with Gasteiger partial charge in [-0.05, 0) is 59.3 Å². The molecule has 2 aromatic rings. The highest BCUT2D eigenvalue weighted by Gasteiger charge is 2.19. The molecule has 106 valence electrons. The molecule has 2 aromatic carbocycles. The molecule has 0 spiro atoms. The zero-order valence-corrected chi connectivity index (χ0v) is 14.8. The summed E-state index contributed by atoms with van der Waals surface area (Å²) in [6, 6.07) is 14.0. The Bertz CT molecular complexity index is 592. The maximum absolute atomic E-state index is 5.80. The normalized spacial score (nSPS) is 12.2. The van der Waals surface area contributed by atoms with E-state index in [1.807, 2.05) is 37.3 Å². The summed E-state index contributed by atoms with van der Waals surface area (Å²) in [5.41, 5.74) is 5.05. The third kappa shape index (κ3) is 3.52. The van der Waals surface area contributed by atoms with Crippen molar-refractivity contribution in [2.24, 2.45) is 5.84 Å². The molecule has 0 aliphatic carbocycles. The Morgan fingerprint density at radius 2 is 2.00 bits per heavy atom. The van der Waals surface area contributed by atoms with Gasteiger partial charge >= 0.3 is 0 Å². The van der Waals surface area contributed by atoms with Crippen molar-refractivity contribution in [2.75, 3.05) is 6.61 Å². The first-order valence-corrected chi connectivity index (χ1v) is 8.17. The highest BCUT2D eigenvalue weighted by Crippen LogP contribution is 2.33. The number of hydrogen-bond donors (Lipinski definition) is 2. The average molecular weight is 447 g/mol. The van der Waals surface area contributed by atoms with Crippen molar-refractivity contribution >= 4 is 38.5 Å². The third-order valence-electron chi connectivity index (χ3n) is 2.97. The minimum Gasteiger partial charge on any atom is -0.494 e. The van der Waals surface area contributed by atoms with Crippen LogP contribution in [0.3, 0.4) is 0 Å². The van der Waals surface area contributed by atoms with Crippen LogP contribution in [-0.4, -0.2) is 6.61 Å². The second-order valence-electron chi connectivity index (χ2n) is 4.24. The Morgan fingerprint density at radius 1 is 1.25 bits per heavy atom. The van der Waals surface area contributed by atoms with Gasteiger partial charge in [0.2, 0.25) is 0 Å². The summed E-state index contributed by atoms with van der Waals surface area (Å²) in [5.74, 6) is 6.65. The molecular weight excluding hydrogens is 431 g/mol. The summed E-state index contributed by atoms with van der Waals surface area (Å²) in [7, 11) is 0. The molecule has 3 nitrogen and oxygen atoms in total. The molecule has 0 radical (unpaired) electrons. The zero-order valence-electron chi connectivity index (χ0n) is 11.1. The van der Waals surface area contributed by atoms with Crippen LogP contribution in [0, 0.1) is 3.57 Å². The maximum Gasteiger partial charge on any atom is 0.124 e. The molecule has 0 saturated heterocycles. The van der Waals surface area contributed by atoms with E-state index in [0.29, 0.717) is 6.61 Å². The summed E-state index contributed by atoms with van der Waals surface area (Å²) < 4.78 is 7.88. The summed E-state index contributed by atoms with van der Waals surface area (Å²) in [5, 5.41) is 0. The molecule has 0 aliphatic rings. The van der Waals surface area contributed by atoms with Gasteiger partial charge in [-0.3, -0.25) is 5.84 Å². The molecule has 5 heteroatoms. The van der Waals surface area contributed by atoms with Crippen molar-refractivity contribution in [3.05, 3.63) is 61.6 Å². The van der Waals surface area contributed by atoms with Crippen LogP contribution in [0.2, 0.25) is 0 Å². The molecule has 0 saturated carbocycles. The topological polar surface area (TPSA) is 47.3 Å². The molecule has 1 atom stereocenters. The molecule has 3 N–H and O–H groups in total. The minimum atomic E-state index is -0.109. The minimum absolute atomic E-state index is 0.109. The summed E-state index contributed by atoms with van der Waals surface area (Å²) >= 11 is 5.83. The number of para-hydroxylation sites is 1. The SMILES string of the molecule is CCOc1ccccc1C(NN)c1cc(Br)ccc1I. The molecule has 0 bridgehead atoms. The van der Waals surface area contributed by atoms with Gasteiger partial charge in [0.15, 0.2) is 0 Å². The number of ether oxygens (including phenoxy) is 1. The van der Waals surface area contributed by atoms with Gasteiger partial charge in [-0.25, -0.2) is 5.43 Å². The van der Waals surface area contributed by atoms with Gasteiger partial charge in [0.25, 0.3) is 0 Å². The Balaban J connectivity index is 2.49. The van der Waals surface area contributed by atoms with Crippen molar-refractivity contribution < 1.29 is 4.74 Å². The van der Waals surface area contributed by atoms with E-state index in [0.717, 1.165) is 24.9 Å². The fourth-order valence-corrected chi connectivity index (χ4v) is 3.11. The third-order valence-corrected chi connectivity index (χ3v) is 4.44. The number of rotatable bonds is 5. The number of nitrogens with two attached hydrogens (primary N) is 1.